The van der Waals surface area contributed by atoms with Gasteiger partial charge in [-0.05, 0) is 11.1 Å². The molecule has 0 aromatic heterocycles. The van der Waals surface area contributed by atoms with Crippen molar-refractivity contribution in [3.05, 3.63) is 153 Å². The number of carbonyl (C=O) groups excluding carboxylic acids is 2. The normalized spacial score (nSPS) is 28.5. The zero-order valence-electron chi connectivity index (χ0n) is 18.5. The standard InChI is InChI=1S/C30H19NO4/c32-26(19-11-3-1-4-12-19)28-23-17-9-10-18-24(23)30(31(34)35)22-16-8-7-15-21(22)25(28)29(28,30)27(33)20-13-5-2-6-14-20/h1-18,25H. The van der Waals surface area contributed by atoms with Gasteiger partial charge in [-0.3, -0.25) is 19.7 Å². The third-order valence-corrected chi connectivity index (χ3v) is 8.44. The van der Waals surface area contributed by atoms with E-state index in [4.69, 9.17) is 0 Å². The van der Waals surface area contributed by atoms with Crippen molar-refractivity contribution in [3.8, 4) is 0 Å². The fraction of sp³-hybridized carbons (Fsp3) is 0.133. The molecule has 5 nitrogen and oxygen atoms in total. The maximum atomic E-state index is 14.6. The Balaban J connectivity index is 1.65. The largest absolute Gasteiger partial charge is 0.293 e. The molecule has 0 N–H and O–H groups in total. The van der Waals surface area contributed by atoms with Crippen LogP contribution in [0.15, 0.2) is 109 Å². The third kappa shape index (κ3) is 1.88. The Morgan fingerprint density at radius 2 is 1.11 bits per heavy atom. The van der Waals surface area contributed by atoms with Crippen LogP contribution >= 0.6 is 0 Å². The van der Waals surface area contributed by atoms with Gasteiger partial charge >= 0.3 is 0 Å². The average molecular weight is 457 g/mol. The van der Waals surface area contributed by atoms with Crippen molar-refractivity contribution in [2.24, 2.45) is 5.41 Å². The quantitative estimate of drug-likeness (QED) is 0.231. The lowest BCUT2D eigenvalue weighted by atomic mass is 9.70. The molecule has 1 saturated carbocycles. The van der Waals surface area contributed by atoms with Crippen LogP contribution in [0.4, 0.5) is 0 Å². The van der Waals surface area contributed by atoms with Crippen molar-refractivity contribution in [2.75, 3.05) is 0 Å². The first-order chi connectivity index (χ1) is 17.1. The minimum absolute atomic E-state index is 0.238. The van der Waals surface area contributed by atoms with Crippen LogP contribution in [0.25, 0.3) is 0 Å². The summed E-state index contributed by atoms with van der Waals surface area (Å²) in [6.45, 7) is 0. The molecule has 0 spiro atoms. The number of fused-ring (bicyclic) bond motifs is 7. The molecular weight excluding hydrogens is 438 g/mol. The molecule has 4 aromatic carbocycles. The summed E-state index contributed by atoms with van der Waals surface area (Å²) in [5.41, 5.74) is -1.67. The number of nitro groups is 1. The summed E-state index contributed by atoms with van der Waals surface area (Å²) in [6, 6.07) is 31.8. The van der Waals surface area contributed by atoms with E-state index in [0.29, 0.717) is 33.4 Å². The second-order valence-electron chi connectivity index (χ2n) is 9.54. The van der Waals surface area contributed by atoms with Crippen molar-refractivity contribution in [3.63, 3.8) is 0 Å². The highest BCUT2D eigenvalue weighted by molar-refractivity contribution is 6.22. The van der Waals surface area contributed by atoms with E-state index >= 15 is 0 Å². The van der Waals surface area contributed by atoms with Gasteiger partial charge in [0.1, 0.15) is 5.41 Å². The first kappa shape index (κ1) is 20.0. The van der Waals surface area contributed by atoms with Gasteiger partial charge in [0.05, 0.1) is 5.41 Å². The molecule has 1 fully saturated rings. The summed E-state index contributed by atoms with van der Waals surface area (Å²) in [5, 5.41) is 13.3. The van der Waals surface area contributed by atoms with Crippen molar-refractivity contribution in [2.45, 2.75) is 16.9 Å². The molecule has 0 amide bonds. The minimum atomic E-state index is -1.85. The van der Waals surface area contributed by atoms with Gasteiger partial charge in [0.2, 0.25) is 0 Å². The number of Topliss-reactive ketones (excluding diaryl/α,β-unsaturated/α-hetero) is 2. The zero-order valence-corrected chi connectivity index (χ0v) is 18.5. The first-order valence-electron chi connectivity index (χ1n) is 11.6. The van der Waals surface area contributed by atoms with Gasteiger partial charge in [-0.25, -0.2) is 0 Å². The number of ketones is 2. The van der Waals surface area contributed by atoms with Gasteiger partial charge in [-0.1, -0.05) is 109 Å². The predicted octanol–water partition coefficient (Wildman–Crippen LogP) is 5.32. The van der Waals surface area contributed by atoms with Crippen LogP contribution in [0.2, 0.25) is 0 Å². The SMILES string of the molecule is O=C(c1ccccc1)C12c3ccccc3C3([N+](=O)[O-])c4ccccc4C1C23C(=O)c1ccccc1. The van der Waals surface area contributed by atoms with Crippen LogP contribution in [0.5, 0.6) is 0 Å². The van der Waals surface area contributed by atoms with Crippen molar-refractivity contribution in [1.82, 2.24) is 0 Å². The Labute approximate surface area is 201 Å². The van der Waals surface area contributed by atoms with Crippen molar-refractivity contribution < 1.29 is 14.5 Å². The maximum absolute atomic E-state index is 14.6. The average Bonchev–Trinajstić information content (AvgIpc) is 3.38. The summed E-state index contributed by atoms with van der Waals surface area (Å²) in [4.78, 5) is 42.1. The zero-order chi connectivity index (χ0) is 24.0. The molecule has 0 heterocycles. The van der Waals surface area contributed by atoms with Gasteiger partial charge in [-0.15, -0.1) is 0 Å². The number of nitrogens with zero attached hydrogens (tertiary/aromatic N) is 1. The Morgan fingerprint density at radius 3 is 1.71 bits per heavy atom. The lowest BCUT2D eigenvalue weighted by molar-refractivity contribution is -0.574. The summed E-state index contributed by atoms with van der Waals surface area (Å²) in [7, 11) is 0. The molecule has 35 heavy (non-hydrogen) atoms. The molecule has 7 rings (SSSR count). The van der Waals surface area contributed by atoms with Crippen LogP contribution in [-0.4, -0.2) is 16.5 Å². The lowest BCUT2D eigenvalue weighted by Crippen LogP contribution is -2.48. The van der Waals surface area contributed by atoms with E-state index in [9.17, 15) is 19.7 Å². The lowest BCUT2D eigenvalue weighted by Gasteiger charge is -2.29. The van der Waals surface area contributed by atoms with E-state index < -0.39 is 22.3 Å². The van der Waals surface area contributed by atoms with Crippen LogP contribution in [0.3, 0.4) is 0 Å². The Morgan fingerprint density at radius 1 is 0.629 bits per heavy atom. The predicted molar refractivity (Wildman–Crippen MR) is 129 cm³/mol. The molecule has 0 radical (unpaired) electrons. The second kappa shape index (κ2) is 6.39. The molecule has 4 unspecified atom stereocenters. The number of hydrogen-bond acceptors (Lipinski definition) is 4. The van der Waals surface area contributed by atoms with E-state index in [1.807, 2.05) is 18.2 Å². The van der Waals surface area contributed by atoms with E-state index in [1.165, 1.54) is 0 Å². The summed E-state index contributed by atoms with van der Waals surface area (Å²) in [5.74, 6) is -1.21. The fourth-order valence-corrected chi connectivity index (χ4v) is 7.48. The van der Waals surface area contributed by atoms with Gasteiger partial charge in [-0.2, -0.15) is 0 Å². The first-order valence-corrected chi connectivity index (χ1v) is 11.6. The highest BCUT2D eigenvalue weighted by atomic mass is 16.6. The maximum Gasteiger partial charge on any atom is 0.287 e. The molecule has 168 valence electrons. The van der Waals surface area contributed by atoms with Gasteiger partial charge < -0.3 is 0 Å². The number of carbonyl (C=O) groups is 2. The smallest absolute Gasteiger partial charge is 0.287 e. The number of hydrogen-bond donors (Lipinski definition) is 0. The fourth-order valence-electron chi connectivity index (χ4n) is 7.48. The van der Waals surface area contributed by atoms with Crippen LogP contribution in [0, 0.1) is 15.5 Å². The molecule has 0 saturated heterocycles. The molecule has 0 bridgehead atoms. The monoisotopic (exact) mass is 457 g/mol. The van der Waals surface area contributed by atoms with Crippen LogP contribution in [-0.2, 0) is 11.0 Å². The summed E-state index contributed by atoms with van der Waals surface area (Å²) >= 11 is 0. The van der Waals surface area contributed by atoms with Crippen LogP contribution in [0.1, 0.15) is 48.9 Å². The summed E-state index contributed by atoms with van der Waals surface area (Å²) in [6.07, 6.45) is 0. The van der Waals surface area contributed by atoms with E-state index in [1.54, 1.807) is 91.0 Å². The van der Waals surface area contributed by atoms with Crippen LogP contribution < -0.4 is 0 Å². The van der Waals surface area contributed by atoms with Gasteiger partial charge in [0.15, 0.2) is 11.6 Å². The Bertz CT molecular complexity index is 1580. The minimum Gasteiger partial charge on any atom is -0.293 e. The molecule has 0 aliphatic heterocycles. The number of rotatable bonds is 5. The Hall–Kier alpha value is -4.38. The summed E-state index contributed by atoms with van der Waals surface area (Å²) < 4.78 is 0. The van der Waals surface area contributed by atoms with E-state index in [2.05, 4.69) is 0 Å². The second-order valence-corrected chi connectivity index (χ2v) is 9.54. The van der Waals surface area contributed by atoms with Gasteiger partial charge in [0.25, 0.3) is 5.54 Å². The molecule has 5 heteroatoms. The Kier molecular flexibility index (Phi) is 3.66. The van der Waals surface area contributed by atoms with Gasteiger partial charge in [0, 0.05) is 33.1 Å². The highest BCUT2D eigenvalue weighted by Gasteiger charge is 3.02. The van der Waals surface area contributed by atoms with E-state index in [0.717, 1.165) is 0 Å². The topological polar surface area (TPSA) is 77.3 Å². The molecule has 3 aliphatic carbocycles. The molecular formula is C30H19NO4. The molecule has 3 aliphatic rings. The third-order valence-electron chi connectivity index (χ3n) is 8.44. The van der Waals surface area contributed by atoms with Crippen molar-refractivity contribution in [1.29, 1.82) is 0 Å². The van der Waals surface area contributed by atoms with E-state index in [-0.39, 0.29) is 16.5 Å². The molecule has 4 atom stereocenters. The van der Waals surface area contributed by atoms with Crippen molar-refractivity contribution >= 4 is 11.6 Å². The highest BCUT2D eigenvalue weighted by Crippen LogP contribution is 2.91. The molecule has 4 aromatic rings. The number of benzene rings is 4.